The van der Waals surface area contributed by atoms with Crippen molar-refractivity contribution in [2.24, 2.45) is 11.8 Å². The van der Waals surface area contributed by atoms with Crippen LogP contribution in [0.15, 0.2) is 18.2 Å². The largest absolute Gasteiger partial charge is 0.316 e. The minimum Gasteiger partial charge on any atom is -0.316 e. The molecule has 8 nitrogen and oxygen atoms in total. The fraction of sp³-hybridized carbons (Fsp3) is 0.545. The summed E-state index contributed by atoms with van der Waals surface area (Å²) in [6, 6.07) is 4.49. The number of rotatable bonds is 4. The van der Waals surface area contributed by atoms with E-state index in [0.29, 0.717) is 11.1 Å². The van der Waals surface area contributed by atoms with Crippen LogP contribution in [-0.2, 0) is 16.1 Å². The third-order valence-electron chi connectivity index (χ3n) is 6.93. The number of fused-ring (bicyclic) bond motifs is 1. The molecule has 158 valence electrons. The Bertz CT molecular complexity index is 926. The highest BCUT2D eigenvalue weighted by Gasteiger charge is 2.44. The van der Waals surface area contributed by atoms with Gasteiger partial charge in [0.2, 0.25) is 11.8 Å². The minimum absolute atomic E-state index is 0.127. The number of nitrogens with zero attached hydrogens (tertiary/aromatic N) is 2. The molecule has 3 saturated heterocycles. The van der Waals surface area contributed by atoms with Gasteiger partial charge in [-0.05, 0) is 68.4 Å². The number of hydrogen-bond donors (Lipinski definition) is 2. The molecule has 4 aliphatic rings. The third-order valence-corrected chi connectivity index (χ3v) is 6.93. The van der Waals surface area contributed by atoms with E-state index in [2.05, 4.69) is 15.5 Å². The van der Waals surface area contributed by atoms with E-state index in [1.54, 1.807) is 12.1 Å². The summed E-state index contributed by atoms with van der Waals surface area (Å²) in [7, 11) is 0. The fourth-order valence-corrected chi connectivity index (χ4v) is 5.14. The number of nitrogens with one attached hydrogen (secondary N) is 2. The molecule has 0 saturated carbocycles. The maximum absolute atomic E-state index is 13.0. The molecule has 3 fully saturated rings. The number of carbonyl (C=O) groups is 4. The van der Waals surface area contributed by atoms with Crippen LogP contribution in [0.1, 0.15) is 52.0 Å². The number of imide groups is 2. The van der Waals surface area contributed by atoms with Crippen LogP contribution < -0.4 is 10.6 Å². The number of benzene rings is 1. The minimum atomic E-state index is -0.919. The second-order valence-electron chi connectivity index (χ2n) is 8.88. The van der Waals surface area contributed by atoms with Crippen molar-refractivity contribution in [3.05, 3.63) is 34.9 Å². The normalized spacial score (nSPS) is 27.8. The van der Waals surface area contributed by atoms with Gasteiger partial charge in [0.05, 0.1) is 11.1 Å². The van der Waals surface area contributed by atoms with Gasteiger partial charge in [0, 0.05) is 19.5 Å². The predicted molar refractivity (Wildman–Crippen MR) is 107 cm³/mol. The molecule has 0 spiro atoms. The molecule has 2 unspecified atom stereocenters. The van der Waals surface area contributed by atoms with Gasteiger partial charge in [0.25, 0.3) is 11.8 Å². The zero-order valence-corrected chi connectivity index (χ0v) is 16.9. The average molecular weight is 410 g/mol. The Kier molecular flexibility index (Phi) is 4.91. The van der Waals surface area contributed by atoms with E-state index in [-0.39, 0.29) is 18.7 Å². The van der Waals surface area contributed by atoms with Gasteiger partial charge >= 0.3 is 0 Å². The quantitative estimate of drug-likeness (QED) is 0.703. The molecule has 2 atom stereocenters. The van der Waals surface area contributed by atoms with Crippen molar-refractivity contribution >= 4 is 23.6 Å². The molecule has 0 aliphatic carbocycles. The van der Waals surface area contributed by atoms with Crippen molar-refractivity contribution in [2.45, 2.75) is 38.3 Å². The molecule has 0 radical (unpaired) electrons. The highest BCUT2D eigenvalue weighted by atomic mass is 16.2. The van der Waals surface area contributed by atoms with Crippen LogP contribution in [0.4, 0.5) is 0 Å². The van der Waals surface area contributed by atoms with E-state index in [0.717, 1.165) is 55.0 Å². The Hall–Kier alpha value is -2.58. The molecule has 4 amide bonds. The molecule has 4 heterocycles. The van der Waals surface area contributed by atoms with Crippen LogP contribution in [0.2, 0.25) is 0 Å². The lowest BCUT2D eigenvalue weighted by Gasteiger charge is -2.41. The number of hydrogen-bond acceptors (Lipinski definition) is 6. The molecular weight excluding hydrogens is 384 g/mol. The molecule has 0 aromatic heterocycles. The Morgan fingerprint density at radius 3 is 2.50 bits per heavy atom. The highest BCUT2D eigenvalue weighted by molar-refractivity contribution is 6.23. The van der Waals surface area contributed by atoms with Crippen molar-refractivity contribution in [3.8, 4) is 0 Å². The number of amides is 4. The van der Waals surface area contributed by atoms with E-state index < -0.39 is 23.8 Å². The van der Waals surface area contributed by atoms with Crippen LogP contribution >= 0.6 is 0 Å². The summed E-state index contributed by atoms with van der Waals surface area (Å²) in [5.41, 5.74) is 1.71. The zero-order chi connectivity index (χ0) is 20.8. The Balaban J connectivity index is 1.31. The fourth-order valence-electron chi connectivity index (χ4n) is 5.14. The van der Waals surface area contributed by atoms with Gasteiger partial charge in [-0.25, -0.2) is 0 Å². The van der Waals surface area contributed by atoms with Gasteiger partial charge < -0.3 is 5.32 Å². The van der Waals surface area contributed by atoms with Crippen molar-refractivity contribution in [3.63, 3.8) is 0 Å². The van der Waals surface area contributed by atoms with Gasteiger partial charge in [0.15, 0.2) is 0 Å². The lowest BCUT2D eigenvalue weighted by molar-refractivity contribution is -0.136. The maximum Gasteiger partial charge on any atom is 0.262 e. The van der Waals surface area contributed by atoms with Crippen LogP contribution in [-0.4, -0.2) is 65.6 Å². The summed E-state index contributed by atoms with van der Waals surface area (Å²) in [5, 5.41) is 5.58. The number of likely N-dealkylation sites (tertiary alicyclic amines) is 1. The summed E-state index contributed by atoms with van der Waals surface area (Å²) < 4.78 is 0. The molecular formula is C22H26N4O4. The van der Waals surface area contributed by atoms with Crippen LogP contribution in [0.25, 0.3) is 0 Å². The van der Waals surface area contributed by atoms with Crippen LogP contribution in [0.3, 0.4) is 0 Å². The van der Waals surface area contributed by atoms with Gasteiger partial charge in [-0.15, -0.1) is 0 Å². The SMILES string of the molecule is O=C1CCC(N2C(=O)c3ccc(CN4CCCC(C5CNC5)C4)cc3C2=O)C(=O)N1. The zero-order valence-electron chi connectivity index (χ0n) is 16.9. The number of piperidine rings is 2. The first-order chi connectivity index (χ1) is 14.5. The molecule has 30 heavy (non-hydrogen) atoms. The topological polar surface area (TPSA) is 98.8 Å². The summed E-state index contributed by atoms with van der Waals surface area (Å²) in [6.07, 6.45) is 2.77. The lowest BCUT2D eigenvalue weighted by Crippen LogP contribution is -2.54. The van der Waals surface area contributed by atoms with E-state index in [9.17, 15) is 19.2 Å². The first-order valence-corrected chi connectivity index (χ1v) is 10.8. The smallest absolute Gasteiger partial charge is 0.262 e. The molecule has 1 aromatic carbocycles. The van der Waals surface area contributed by atoms with Crippen LogP contribution in [0.5, 0.6) is 0 Å². The molecule has 5 rings (SSSR count). The van der Waals surface area contributed by atoms with Crippen LogP contribution in [0, 0.1) is 11.8 Å². The monoisotopic (exact) mass is 410 g/mol. The second kappa shape index (κ2) is 7.59. The van der Waals surface area contributed by atoms with Crippen molar-refractivity contribution in [1.82, 2.24) is 20.4 Å². The van der Waals surface area contributed by atoms with Crippen molar-refractivity contribution in [1.29, 1.82) is 0 Å². The van der Waals surface area contributed by atoms with Crippen molar-refractivity contribution in [2.75, 3.05) is 26.2 Å². The molecule has 8 heteroatoms. The Morgan fingerprint density at radius 1 is 0.967 bits per heavy atom. The average Bonchev–Trinajstić information content (AvgIpc) is 2.91. The van der Waals surface area contributed by atoms with E-state index in [1.165, 1.54) is 12.8 Å². The van der Waals surface area contributed by atoms with E-state index in [4.69, 9.17) is 0 Å². The first-order valence-electron chi connectivity index (χ1n) is 10.8. The number of carbonyl (C=O) groups excluding carboxylic acids is 4. The molecule has 1 aromatic rings. The van der Waals surface area contributed by atoms with E-state index in [1.807, 2.05) is 6.07 Å². The van der Waals surface area contributed by atoms with Gasteiger partial charge in [0.1, 0.15) is 6.04 Å². The predicted octanol–water partition coefficient (Wildman–Crippen LogP) is 0.519. The van der Waals surface area contributed by atoms with Gasteiger partial charge in [-0.2, -0.15) is 0 Å². The van der Waals surface area contributed by atoms with Gasteiger partial charge in [-0.3, -0.25) is 34.3 Å². The first kappa shape index (κ1) is 19.4. The summed E-state index contributed by atoms with van der Waals surface area (Å²) in [6.45, 7) is 5.10. The summed E-state index contributed by atoms with van der Waals surface area (Å²) >= 11 is 0. The standard InChI is InChI=1S/C22H26N4O4/c27-19-6-5-18(20(28)24-19)26-21(29)16-4-3-13(8-17(16)22(26)30)11-25-7-1-2-14(12-25)15-9-23-10-15/h3-4,8,14-15,18,23H,1-2,5-7,9-12H2,(H,24,27,28). The van der Waals surface area contributed by atoms with Crippen molar-refractivity contribution < 1.29 is 19.2 Å². The van der Waals surface area contributed by atoms with Gasteiger partial charge in [-0.1, -0.05) is 6.07 Å². The second-order valence-corrected chi connectivity index (χ2v) is 8.88. The lowest BCUT2D eigenvalue weighted by atomic mass is 9.82. The summed E-state index contributed by atoms with van der Waals surface area (Å²) in [5.74, 6) is -0.344. The Labute approximate surface area is 175 Å². The molecule has 2 N–H and O–H groups in total. The third kappa shape index (κ3) is 3.33. The summed E-state index contributed by atoms with van der Waals surface area (Å²) in [4.78, 5) is 52.9. The Morgan fingerprint density at radius 2 is 1.77 bits per heavy atom. The van der Waals surface area contributed by atoms with E-state index >= 15 is 0 Å². The molecule has 0 bridgehead atoms. The molecule has 4 aliphatic heterocycles. The highest BCUT2D eigenvalue weighted by Crippen LogP contribution is 2.30. The maximum atomic E-state index is 13.0.